The van der Waals surface area contributed by atoms with Crippen LogP contribution in [0.5, 0.6) is 5.75 Å². The van der Waals surface area contributed by atoms with E-state index in [-0.39, 0.29) is 0 Å². The largest absolute Gasteiger partial charge is 0.486 e. The Hall–Kier alpha value is -1.29. The Balaban J connectivity index is 2.14. The van der Waals surface area contributed by atoms with E-state index in [0.29, 0.717) is 28.9 Å². The molecule has 0 aliphatic rings. The van der Waals surface area contributed by atoms with Crippen molar-refractivity contribution >= 4 is 23.2 Å². The fourth-order valence-electron chi connectivity index (χ4n) is 1.53. The van der Waals surface area contributed by atoms with E-state index in [2.05, 4.69) is 4.98 Å². The van der Waals surface area contributed by atoms with Crippen LogP contribution in [-0.2, 0) is 13.2 Å². The molecule has 5 heteroatoms. The van der Waals surface area contributed by atoms with Gasteiger partial charge in [0.2, 0.25) is 0 Å². The first-order valence-corrected chi connectivity index (χ1v) is 6.17. The highest BCUT2D eigenvalue weighted by Gasteiger charge is 2.07. The van der Waals surface area contributed by atoms with E-state index in [9.17, 15) is 0 Å². The number of hydrogen-bond donors (Lipinski definition) is 1. The van der Waals surface area contributed by atoms with Crippen LogP contribution in [0.3, 0.4) is 0 Å². The molecule has 0 unspecified atom stereocenters. The van der Waals surface area contributed by atoms with Crippen molar-refractivity contribution in [2.24, 2.45) is 5.73 Å². The number of aromatic nitrogens is 1. The molecule has 0 radical (unpaired) electrons. The van der Waals surface area contributed by atoms with E-state index in [1.165, 1.54) is 0 Å². The lowest BCUT2D eigenvalue weighted by atomic mass is 10.2. The van der Waals surface area contributed by atoms with Crippen molar-refractivity contribution in [1.29, 1.82) is 0 Å². The third-order valence-corrected chi connectivity index (χ3v) is 3.29. The number of benzene rings is 1. The summed E-state index contributed by atoms with van der Waals surface area (Å²) in [4.78, 5) is 4.24. The molecule has 3 nitrogen and oxygen atoms in total. The summed E-state index contributed by atoms with van der Waals surface area (Å²) >= 11 is 11.9. The minimum Gasteiger partial charge on any atom is -0.486 e. The second-order valence-electron chi connectivity index (χ2n) is 3.65. The zero-order valence-electron chi connectivity index (χ0n) is 9.57. The fourth-order valence-corrected chi connectivity index (χ4v) is 1.88. The molecule has 1 aromatic carbocycles. The normalized spacial score (nSPS) is 10.4. The molecule has 2 rings (SSSR count). The summed E-state index contributed by atoms with van der Waals surface area (Å²) in [6.45, 7) is 0.739. The SMILES string of the molecule is NCc1cccnc1COc1cccc(Cl)c1Cl. The molecule has 0 saturated carbocycles. The third-order valence-electron chi connectivity index (χ3n) is 2.48. The van der Waals surface area contributed by atoms with Crippen LogP contribution < -0.4 is 10.5 Å². The summed E-state index contributed by atoms with van der Waals surface area (Å²) in [6, 6.07) is 9.03. The van der Waals surface area contributed by atoms with Crippen LogP contribution in [0, 0.1) is 0 Å². The average molecular weight is 283 g/mol. The Labute approximate surface area is 115 Å². The molecule has 0 spiro atoms. The lowest BCUT2D eigenvalue weighted by Gasteiger charge is -2.10. The van der Waals surface area contributed by atoms with E-state index >= 15 is 0 Å². The lowest BCUT2D eigenvalue weighted by Crippen LogP contribution is -2.06. The number of ether oxygens (including phenoxy) is 1. The first-order chi connectivity index (χ1) is 8.72. The van der Waals surface area contributed by atoms with E-state index in [4.69, 9.17) is 33.7 Å². The highest BCUT2D eigenvalue weighted by molar-refractivity contribution is 6.42. The Morgan fingerprint density at radius 3 is 2.78 bits per heavy atom. The molecule has 0 fully saturated rings. The maximum absolute atomic E-state index is 6.03. The molecule has 0 amide bonds. The second-order valence-corrected chi connectivity index (χ2v) is 4.44. The highest BCUT2D eigenvalue weighted by Crippen LogP contribution is 2.31. The molecular formula is C13H12Cl2N2O. The number of rotatable bonds is 4. The zero-order chi connectivity index (χ0) is 13.0. The van der Waals surface area contributed by atoms with Gasteiger partial charge in [0.05, 0.1) is 10.7 Å². The van der Waals surface area contributed by atoms with Crippen molar-refractivity contribution in [1.82, 2.24) is 4.98 Å². The van der Waals surface area contributed by atoms with Crippen LogP contribution in [-0.4, -0.2) is 4.98 Å². The van der Waals surface area contributed by atoms with Gasteiger partial charge in [-0.1, -0.05) is 35.3 Å². The number of hydrogen-bond acceptors (Lipinski definition) is 3. The van der Waals surface area contributed by atoms with Crippen molar-refractivity contribution in [3.63, 3.8) is 0 Å². The first kappa shape index (κ1) is 13.1. The van der Waals surface area contributed by atoms with Crippen LogP contribution in [0.25, 0.3) is 0 Å². The molecule has 94 valence electrons. The molecule has 0 bridgehead atoms. The summed E-state index contributed by atoms with van der Waals surface area (Å²) < 4.78 is 5.61. The van der Waals surface area contributed by atoms with Gasteiger partial charge in [-0.25, -0.2) is 0 Å². The average Bonchev–Trinajstić information content (AvgIpc) is 2.41. The Bertz CT molecular complexity index is 546. The van der Waals surface area contributed by atoms with Crippen molar-refractivity contribution < 1.29 is 4.74 Å². The summed E-state index contributed by atoms with van der Waals surface area (Å²) in [5.41, 5.74) is 7.39. The zero-order valence-corrected chi connectivity index (χ0v) is 11.1. The quantitative estimate of drug-likeness (QED) is 0.935. The highest BCUT2D eigenvalue weighted by atomic mass is 35.5. The van der Waals surface area contributed by atoms with Gasteiger partial charge in [0.15, 0.2) is 0 Å². The van der Waals surface area contributed by atoms with Gasteiger partial charge in [0, 0.05) is 12.7 Å². The van der Waals surface area contributed by atoms with Crippen LogP contribution >= 0.6 is 23.2 Å². The second kappa shape index (κ2) is 6.05. The topological polar surface area (TPSA) is 48.1 Å². The van der Waals surface area contributed by atoms with Crippen LogP contribution in [0.1, 0.15) is 11.3 Å². The molecule has 2 aromatic rings. The van der Waals surface area contributed by atoms with Gasteiger partial charge in [-0.2, -0.15) is 0 Å². The van der Waals surface area contributed by atoms with Gasteiger partial charge >= 0.3 is 0 Å². The molecule has 18 heavy (non-hydrogen) atoms. The molecular weight excluding hydrogens is 271 g/mol. The number of halogens is 2. The monoisotopic (exact) mass is 282 g/mol. The van der Waals surface area contributed by atoms with Gasteiger partial charge in [-0.3, -0.25) is 4.98 Å². The van der Waals surface area contributed by atoms with Crippen LogP contribution in [0.4, 0.5) is 0 Å². The smallest absolute Gasteiger partial charge is 0.140 e. The van der Waals surface area contributed by atoms with Crippen molar-refractivity contribution in [2.75, 3.05) is 0 Å². The number of nitrogens with zero attached hydrogens (tertiary/aromatic N) is 1. The molecule has 1 aromatic heterocycles. The van der Waals surface area contributed by atoms with E-state index in [0.717, 1.165) is 11.3 Å². The lowest BCUT2D eigenvalue weighted by molar-refractivity contribution is 0.300. The molecule has 2 N–H and O–H groups in total. The Morgan fingerprint density at radius 1 is 1.17 bits per heavy atom. The first-order valence-electron chi connectivity index (χ1n) is 5.42. The van der Waals surface area contributed by atoms with Crippen LogP contribution in [0.15, 0.2) is 36.5 Å². The minimum absolute atomic E-state index is 0.313. The van der Waals surface area contributed by atoms with Crippen molar-refractivity contribution in [2.45, 2.75) is 13.2 Å². The Kier molecular flexibility index (Phi) is 4.42. The predicted molar refractivity (Wildman–Crippen MR) is 72.9 cm³/mol. The molecule has 0 saturated heterocycles. The maximum Gasteiger partial charge on any atom is 0.140 e. The van der Waals surface area contributed by atoms with E-state index < -0.39 is 0 Å². The van der Waals surface area contributed by atoms with Crippen LogP contribution in [0.2, 0.25) is 10.0 Å². The minimum atomic E-state index is 0.313. The summed E-state index contributed by atoms with van der Waals surface area (Å²) in [7, 11) is 0. The standard InChI is InChI=1S/C13H12Cl2N2O/c14-10-4-1-5-12(13(10)15)18-8-11-9(7-16)3-2-6-17-11/h1-6H,7-8,16H2. The summed E-state index contributed by atoms with van der Waals surface area (Å²) in [5, 5.41) is 0.874. The van der Waals surface area contributed by atoms with Gasteiger partial charge in [-0.05, 0) is 23.8 Å². The van der Waals surface area contributed by atoms with Crippen molar-refractivity contribution in [3.05, 3.63) is 57.8 Å². The van der Waals surface area contributed by atoms with Gasteiger partial charge in [0.25, 0.3) is 0 Å². The Morgan fingerprint density at radius 2 is 2.00 bits per heavy atom. The molecule has 0 aliphatic carbocycles. The fraction of sp³-hybridized carbons (Fsp3) is 0.154. The molecule has 0 atom stereocenters. The maximum atomic E-state index is 6.03. The number of pyridine rings is 1. The van der Waals surface area contributed by atoms with Gasteiger partial charge in [0.1, 0.15) is 17.4 Å². The summed E-state index contributed by atoms with van der Waals surface area (Å²) in [5.74, 6) is 0.540. The van der Waals surface area contributed by atoms with Gasteiger partial charge in [-0.15, -0.1) is 0 Å². The predicted octanol–water partition coefficient (Wildman–Crippen LogP) is 3.43. The summed E-state index contributed by atoms with van der Waals surface area (Å²) in [6.07, 6.45) is 1.71. The van der Waals surface area contributed by atoms with Crippen molar-refractivity contribution in [3.8, 4) is 5.75 Å². The molecule has 0 aliphatic heterocycles. The van der Waals surface area contributed by atoms with E-state index in [1.54, 1.807) is 24.4 Å². The number of nitrogens with two attached hydrogens (primary N) is 1. The van der Waals surface area contributed by atoms with E-state index in [1.807, 2.05) is 12.1 Å². The molecule has 1 heterocycles. The van der Waals surface area contributed by atoms with Gasteiger partial charge < -0.3 is 10.5 Å². The third kappa shape index (κ3) is 2.93.